The van der Waals surface area contributed by atoms with Crippen LogP contribution in [0, 0.1) is 3.57 Å². The van der Waals surface area contributed by atoms with E-state index in [0.29, 0.717) is 25.4 Å². The van der Waals surface area contributed by atoms with Gasteiger partial charge < -0.3 is 15.4 Å². The normalized spacial score (nSPS) is 12.2. The van der Waals surface area contributed by atoms with Crippen LogP contribution in [0.5, 0.6) is 0 Å². The zero-order valence-electron chi connectivity index (χ0n) is 15.3. The molecule has 2 aromatic carbocycles. The van der Waals surface area contributed by atoms with E-state index in [-0.39, 0.29) is 12.3 Å². The summed E-state index contributed by atoms with van der Waals surface area (Å²) < 4.78 is 5.82. The van der Waals surface area contributed by atoms with E-state index >= 15 is 0 Å². The number of anilines is 3. The van der Waals surface area contributed by atoms with E-state index in [0.717, 1.165) is 37.3 Å². The first-order valence-electron chi connectivity index (χ1n) is 8.99. The van der Waals surface area contributed by atoms with Crippen LogP contribution in [0.25, 0.3) is 11.3 Å². The van der Waals surface area contributed by atoms with Crippen LogP contribution in [0.4, 0.5) is 17.3 Å². The maximum Gasteiger partial charge on any atom is 0.293 e. The van der Waals surface area contributed by atoms with Gasteiger partial charge in [0.25, 0.3) is 6.47 Å². The Labute approximate surface area is 181 Å². The molecule has 7 nitrogen and oxygen atoms in total. The lowest BCUT2D eigenvalue weighted by Gasteiger charge is -2.11. The molecule has 0 saturated carbocycles. The number of fused-ring (bicyclic) bond motifs is 3. The van der Waals surface area contributed by atoms with Crippen LogP contribution in [-0.4, -0.2) is 29.0 Å². The average Bonchev–Trinajstić information content (AvgIpc) is 2.84. The Bertz CT molecular complexity index is 1090. The number of halogens is 1. The maximum absolute atomic E-state index is 12.2. The van der Waals surface area contributed by atoms with Gasteiger partial charge in [-0.25, -0.2) is 9.97 Å². The van der Waals surface area contributed by atoms with Crippen molar-refractivity contribution in [3.8, 4) is 11.3 Å². The van der Waals surface area contributed by atoms with Gasteiger partial charge in [0.1, 0.15) is 0 Å². The lowest BCUT2D eigenvalue weighted by molar-refractivity contribution is -0.128. The minimum atomic E-state index is -0.0826. The lowest BCUT2D eigenvalue weighted by atomic mass is 10.1. The molecule has 1 aliphatic heterocycles. The Balaban J connectivity index is 1.64. The van der Waals surface area contributed by atoms with Crippen LogP contribution in [0.2, 0.25) is 0 Å². The maximum atomic E-state index is 12.2. The molecule has 2 heterocycles. The fourth-order valence-corrected chi connectivity index (χ4v) is 3.67. The second-order valence-electron chi connectivity index (χ2n) is 6.52. The van der Waals surface area contributed by atoms with Gasteiger partial charge in [0.15, 0.2) is 0 Å². The fraction of sp³-hybridized carbons (Fsp3) is 0.143. The molecule has 0 unspecified atom stereocenters. The monoisotopic (exact) mass is 500 g/mol. The van der Waals surface area contributed by atoms with Gasteiger partial charge >= 0.3 is 0 Å². The molecule has 1 aliphatic rings. The van der Waals surface area contributed by atoms with Crippen LogP contribution in [0.3, 0.4) is 0 Å². The second-order valence-corrected chi connectivity index (χ2v) is 7.77. The van der Waals surface area contributed by atoms with Crippen LogP contribution < -0.4 is 10.6 Å². The minimum Gasteiger partial charge on any atom is -0.468 e. The van der Waals surface area contributed by atoms with Gasteiger partial charge in [0, 0.05) is 33.0 Å². The van der Waals surface area contributed by atoms with Crippen molar-refractivity contribution in [1.82, 2.24) is 9.97 Å². The topological polar surface area (TPSA) is 93.2 Å². The molecule has 0 radical (unpaired) electrons. The summed E-state index contributed by atoms with van der Waals surface area (Å²) in [5.74, 6) is 0.366. The summed E-state index contributed by atoms with van der Waals surface area (Å²) in [6, 6.07) is 13.6. The van der Waals surface area contributed by atoms with E-state index in [4.69, 9.17) is 9.72 Å². The number of nitrogens with one attached hydrogen (secondary N) is 2. The Morgan fingerprint density at radius 2 is 2.14 bits per heavy atom. The smallest absolute Gasteiger partial charge is 0.293 e. The molecule has 3 aromatic rings. The first-order valence-corrected chi connectivity index (χ1v) is 10.1. The van der Waals surface area contributed by atoms with E-state index in [1.165, 1.54) is 0 Å². The number of nitrogens with zero attached hydrogens (tertiary/aromatic N) is 2. The zero-order valence-corrected chi connectivity index (χ0v) is 17.5. The molecule has 0 spiro atoms. The molecule has 0 atom stereocenters. The number of rotatable bonds is 6. The predicted octanol–water partition coefficient (Wildman–Crippen LogP) is 3.70. The van der Waals surface area contributed by atoms with E-state index in [1.54, 1.807) is 6.20 Å². The Kier molecular flexibility index (Phi) is 5.70. The highest BCUT2D eigenvalue weighted by atomic mass is 127. The highest BCUT2D eigenvalue weighted by molar-refractivity contribution is 14.1. The number of benzene rings is 2. The number of amides is 1. The second kappa shape index (κ2) is 8.56. The van der Waals surface area contributed by atoms with Crippen molar-refractivity contribution in [3.63, 3.8) is 0 Å². The summed E-state index contributed by atoms with van der Waals surface area (Å²) in [5, 5.41) is 6.15. The number of ether oxygens (including phenoxy) is 1. The molecule has 146 valence electrons. The van der Waals surface area contributed by atoms with E-state index in [2.05, 4.69) is 38.2 Å². The molecular formula is C21H17IN4O3. The van der Waals surface area contributed by atoms with Gasteiger partial charge in [-0.1, -0.05) is 12.1 Å². The molecule has 0 saturated heterocycles. The third kappa shape index (κ3) is 4.53. The van der Waals surface area contributed by atoms with E-state index in [9.17, 15) is 9.59 Å². The van der Waals surface area contributed by atoms with Crippen molar-refractivity contribution in [2.45, 2.75) is 12.8 Å². The summed E-state index contributed by atoms with van der Waals surface area (Å²) in [5.41, 5.74) is 5.01. The molecule has 0 fully saturated rings. The molecule has 0 aliphatic carbocycles. The average molecular weight is 500 g/mol. The summed E-state index contributed by atoms with van der Waals surface area (Å²) in [4.78, 5) is 31.6. The van der Waals surface area contributed by atoms with Crippen LogP contribution >= 0.6 is 22.6 Å². The number of carbonyl (C=O) groups is 2. The number of aromatic nitrogens is 2. The third-order valence-corrected chi connectivity index (χ3v) is 5.16. The highest BCUT2D eigenvalue weighted by Crippen LogP contribution is 2.34. The number of hydrogen-bond donors (Lipinski definition) is 2. The first-order chi connectivity index (χ1) is 14.1. The molecule has 1 amide bonds. The Morgan fingerprint density at radius 3 is 3.00 bits per heavy atom. The largest absolute Gasteiger partial charge is 0.468 e. The highest BCUT2D eigenvalue weighted by Gasteiger charge is 2.21. The van der Waals surface area contributed by atoms with Gasteiger partial charge in [-0.15, -0.1) is 0 Å². The van der Waals surface area contributed by atoms with Crippen molar-refractivity contribution in [3.05, 3.63) is 63.4 Å². The van der Waals surface area contributed by atoms with Crippen molar-refractivity contribution < 1.29 is 14.3 Å². The summed E-state index contributed by atoms with van der Waals surface area (Å²) in [6.07, 6.45) is 2.55. The predicted molar refractivity (Wildman–Crippen MR) is 118 cm³/mol. The molecule has 4 rings (SSSR count). The molecule has 8 heteroatoms. The fourth-order valence-electron chi connectivity index (χ4n) is 3.18. The first kappa shape index (κ1) is 19.3. The van der Waals surface area contributed by atoms with Gasteiger partial charge in [0.2, 0.25) is 11.9 Å². The summed E-state index contributed by atoms with van der Waals surface area (Å²) in [6.45, 7) is 0.781. The number of carbonyl (C=O) groups excluding carboxylic acids is 2. The van der Waals surface area contributed by atoms with E-state index in [1.807, 2.05) is 42.5 Å². The Morgan fingerprint density at radius 1 is 1.24 bits per heavy atom. The standard InChI is InChI=1S/C21H17IN4O3/c22-15-4-5-18-17(10-15)20-14(9-19(28)25-18)11-23-21(26-20)24-16-3-1-2-13(8-16)6-7-29-12-27/h1-5,8,10-12H,6-7,9H2,(H,25,28)(H,23,24,26). The molecule has 29 heavy (non-hydrogen) atoms. The SMILES string of the molecule is O=COCCc1cccc(Nc2ncc3c(n2)-c2cc(I)ccc2NC(=O)C3)c1. The van der Waals surface area contributed by atoms with Gasteiger partial charge in [-0.2, -0.15) is 0 Å². The van der Waals surface area contributed by atoms with Crippen LogP contribution in [0.15, 0.2) is 48.7 Å². The van der Waals surface area contributed by atoms with Crippen molar-refractivity contribution >= 4 is 52.3 Å². The van der Waals surface area contributed by atoms with Crippen molar-refractivity contribution in [1.29, 1.82) is 0 Å². The van der Waals surface area contributed by atoms with E-state index < -0.39 is 0 Å². The molecule has 0 bridgehead atoms. The molecule has 1 aromatic heterocycles. The van der Waals surface area contributed by atoms with Crippen LogP contribution in [-0.2, 0) is 27.2 Å². The van der Waals surface area contributed by atoms with Crippen LogP contribution in [0.1, 0.15) is 11.1 Å². The molecular weight excluding hydrogens is 483 g/mol. The zero-order chi connectivity index (χ0) is 20.2. The quantitative estimate of drug-likeness (QED) is 0.305. The molecule has 2 N–H and O–H groups in total. The van der Waals surface area contributed by atoms with Crippen molar-refractivity contribution in [2.75, 3.05) is 17.2 Å². The third-order valence-electron chi connectivity index (χ3n) is 4.49. The summed E-state index contributed by atoms with van der Waals surface area (Å²) >= 11 is 2.24. The minimum absolute atomic E-state index is 0.0826. The number of hydrogen-bond acceptors (Lipinski definition) is 6. The summed E-state index contributed by atoms with van der Waals surface area (Å²) in [7, 11) is 0. The van der Waals surface area contributed by atoms with Gasteiger partial charge in [-0.3, -0.25) is 9.59 Å². The van der Waals surface area contributed by atoms with Gasteiger partial charge in [0.05, 0.1) is 24.4 Å². The Hall–Kier alpha value is -3.01. The van der Waals surface area contributed by atoms with Crippen molar-refractivity contribution in [2.24, 2.45) is 0 Å². The van der Waals surface area contributed by atoms with Gasteiger partial charge in [-0.05, 0) is 58.5 Å². The lowest BCUT2D eigenvalue weighted by Crippen LogP contribution is -2.12.